The predicted octanol–water partition coefficient (Wildman–Crippen LogP) is 2.57. The van der Waals surface area contributed by atoms with Crippen molar-refractivity contribution >= 4 is 23.2 Å². The van der Waals surface area contributed by atoms with Crippen LogP contribution in [0.5, 0.6) is 0 Å². The summed E-state index contributed by atoms with van der Waals surface area (Å²) in [7, 11) is 1.88. The van der Waals surface area contributed by atoms with E-state index in [0.717, 1.165) is 24.0 Å². The number of nitrogens with zero attached hydrogens (tertiary/aromatic N) is 2. The van der Waals surface area contributed by atoms with Gasteiger partial charge in [-0.1, -0.05) is 36.4 Å². The van der Waals surface area contributed by atoms with Gasteiger partial charge >= 0.3 is 0 Å². The van der Waals surface area contributed by atoms with Gasteiger partial charge in [-0.25, -0.2) is 0 Å². The van der Waals surface area contributed by atoms with Crippen LogP contribution in [-0.2, 0) is 24.7 Å². The first kappa shape index (κ1) is 19.8. The number of thiophene rings is 1. The maximum absolute atomic E-state index is 12.7. The van der Waals surface area contributed by atoms with Crippen molar-refractivity contribution in [2.24, 2.45) is 7.05 Å². The number of aromatic nitrogens is 2. The molecule has 28 heavy (non-hydrogen) atoms. The Balaban J connectivity index is 1.56. The average molecular weight is 397 g/mol. The van der Waals surface area contributed by atoms with E-state index >= 15 is 0 Å². The van der Waals surface area contributed by atoms with E-state index in [1.807, 2.05) is 61.2 Å². The van der Waals surface area contributed by atoms with Crippen molar-refractivity contribution < 1.29 is 9.59 Å². The molecule has 0 aliphatic carbocycles. The van der Waals surface area contributed by atoms with Gasteiger partial charge in [0.25, 0.3) is 5.91 Å². The Morgan fingerprint density at radius 3 is 2.64 bits per heavy atom. The minimum Gasteiger partial charge on any atom is -0.354 e. The third-order valence-electron chi connectivity index (χ3n) is 4.35. The van der Waals surface area contributed by atoms with Gasteiger partial charge < -0.3 is 10.6 Å². The molecule has 0 fully saturated rings. The van der Waals surface area contributed by atoms with E-state index in [2.05, 4.69) is 15.7 Å². The molecule has 0 saturated carbocycles. The lowest BCUT2D eigenvalue weighted by Gasteiger charge is -2.18. The second kappa shape index (κ2) is 9.85. The number of amides is 2. The Bertz CT molecular complexity index is 890. The lowest BCUT2D eigenvalue weighted by molar-refractivity contribution is -0.122. The molecular formula is C21H24N4O2S. The maximum Gasteiger partial charge on any atom is 0.262 e. The van der Waals surface area contributed by atoms with E-state index in [9.17, 15) is 9.59 Å². The van der Waals surface area contributed by atoms with Crippen LogP contribution in [-0.4, -0.2) is 34.2 Å². The number of carbonyl (C=O) groups excluding carboxylic acids is 2. The highest BCUT2D eigenvalue weighted by Gasteiger charge is 2.22. The first-order chi connectivity index (χ1) is 13.6. The molecule has 7 heteroatoms. The van der Waals surface area contributed by atoms with E-state index in [1.54, 1.807) is 10.7 Å². The van der Waals surface area contributed by atoms with Gasteiger partial charge in [-0.2, -0.15) is 5.10 Å². The van der Waals surface area contributed by atoms with Crippen LogP contribution >= 0.6 is 11.3 Å². The lowest BCUT2D eigenvalue weighted by Crippen LogP contribution is -2.48. The summed E-state index contributed by atoms with van der Waals surface area (Å²) in [5.74, 6) is -0.388. The van der Waals surface area contributed by atoms with Crippen molar-refractivity contribution in [3.8, 4) is 0 Å². The molecule has 1 aromatic carbocycles. The fourth-order valence-electron chi connectivity index (χ4n) is 2.92. The fraction of sp³-hybridized carbons (Fsp3) is 0.286. The van der Waals surface area contributed by atoms with Gasteiger partial charge in [0.1, 0.15) is 6.04 Å². The second-order valence-electron chi connectivity index (χ2n) is 6.61. The summed E-state index contributed by atoms with van der Waals surface area (Å²) < 4.78 is 1.77. The Kier molecular flexibility index (Phi) is 6.97. The molecule has 2 aromatic heterocycles. The van der Waals surface area contributed by atoms with Crippen LogP contribution in [0.25, 0.3) is 0 Å². The SMILES string of the molecule is Cn1cc(CCCNC(=O)C(Cc2ccccc2)NC(=O)c2cccs2)cn1. The number of benzene rings is 1. The smallest absolute Gasteiger partial charge is 0.262 e. The number of hydrogen-bond acceptors (Lipinski definition) is 4. The number of aryl methyl sites for hydroxylation is 2. The molecule has 1 unspecified atom stereocenters. The average Bonchev–Trinajstić information content (AvgIpc) is 3.37. The van der Waals surface area contributed by atoms with Crippen molar-refractivity contribution in [2.45, 2.75) is 25.3 Å². The number of rotatable bonds is 9. The molecule has 0 aliphatic rings. The van der Waals surface area contributed by atoms with Gasteiger partial charge in [0.15, 0.2) is 0 Å². The molecule has 2 N–H and O–H groups in total. The van der Waals surface area contributed by atoms with Crippen LogP contribution in [0.2, 0.25) is 0 Å². The van der Waals surface area contributed by atoms with E-state index in [-0.39, 0.29) is 11.8 Å². The first-order valence-corrected chi connectivity index (χ1v) is 10.1. The molecule has 0 radical (unpaired) electrons. The van der Waals surface area contributed by atoms with Crippen molar-refractivity contribution in [3.05, 3.63) is 76.2 Å². The Hall–Kier alpha value is -2.93. The maximum atomic E-state index is 12.7. The zero-order valence-corrected chi connectivity index (χ0v) is 16.6. The summed E-state index contributed by atoms with van der Waals surface area (Å²) in [5, 5.41) is 11.8. The molecule has 0 saturated heterocycles. The normalized spacial score (nSPS) is 11.8. The van der Waals surface area contributed by atoms with Crippen molar-refractivity contribution in [3.63, 3.8) is 0 Å². The third-order valence-corrected chi connectivity index (χ3v) is 5.22. The van der Waals surface area contributed by atoms with E-state index < -0.39 is 6.04 Å². The van der Waals surface area contributed by atoms with Crippen LogP contribution in [0.1, 0.15) is 27.2 Å². The minimum absolute atomic E-state index is 0.167. The van der Waals surface area contributed by atoms with Gasteiger partial charge in [-0.05, 0) is 35.4 Å². The van der Waals surface area contributed by atoms with Gasteiger partial charge in [0.05, 0.1) is 11.1 Å². The molecule has 2 amide bonds. The van der Waals surface area contributed by atoms with Crippen molar-refractivity contribution in [1.82, 2.24) is 20.4 Å². The molecule has 1 atom stereocenters. The topological polar surface area (TPSA) is 76.0 Å². The van der Waals surface area contributed by atoms with Crippen LogP contribution in [0.3, 0.4) is 0 Å². The number of hydrogen-bond donors (Lipinski definition) is 2. The Morgan fingerprint density at radius 1 is 1.14 bits per heavy atom. The fourth-order valence-corrected chi connectivity index (χ4v) is 3.55. The van der Waals surface area contributed by atoms with Crippen molar-refractivity contribution in [1.29, 1.82) is 0 Å². The summed E-state index contributed by atoms with van der Waals surface area (Å²) in [4.78, 5) is 25.8. The van der Waals surface area contributed by atoms with Gasteiger partial charge in [-0.3, -0.25) is 14.3 Å². The Labute approximate surface area is 168 Å². The molecule has 0 aliphatic heterocycles. The summed E-state index contributed by atoms with van der Waals surface area (Å²) in [6.07, 6.45) is 5.92. The van der Waals surface area contributed by atoms with Gasteiger partial charge in [0, 0.05) is 26.2 Å². The molecule has 3 aromatic rings. The zero-order chi connectivity index (χ0) is 19.8. The highest BCUT2D eigenvalue weighted by molar-refractivity contribution is 7.12. The van der Waals surface area contributed by atoms with E-state index in [1.165, 1.54) is 11.3 Å². The summed E-state index contributed by atoms with van der Waals surface area (Å²) in [6, 6.07) is 12.7. The van der Waals surface area contributed by atoms with Crippen LogP contribution in [0, 0.1) is 0 Å². The van der Waals surface area contributed by atoms with E-state index in [0.29, 0.717) is 17.8 Å². The molecule has 146 valence electrons. The summed E-state index contributed by atoms with van der Waals surface area (Å²) in [5.41, 5.74) is 2.15. The second-order valence-corrected chi connectivity index (χ2v) is 7.56. The molecular weight excluding hydrogens is 372 g/mol. The Morgan fingerprint density at radius 2 is 1.96 bits per heavy atom. The molecule has 3 rings (SSSR count). The predicted molar refractivity (Wildman–Crippen MR) is 110 cm³/mol. The minimum atomic E-state index is -0.615. The molecule has 0 spiro atoms. The van der Waals surface area contributed by atoms with Gasteiger partial charge in [0.2, 0.25) is 5.91 Å². The highest BCUT2D eigenvalue weighted by Crippen LogP contribution is 2.10. The summed E-state index contributed by atoms with van der Waals surface area (Å²) in [6.45, 7) is 0.549. The van der Waals surface area contributed by atoms with Crippen LogP contribution in [0.15, 0.2) is 60.2 Å². The lowest BCUT2D eigenvalue weighted by atomic mass is 10.0. The first-order valence-electron chi connectivity index (χ1n) is 9.25. The van der Waals surface area contributed by atoms with Gasteiger partial charge in [-0.15, -0.1) is 11.3 Å². The zero-order valence-electron chi connectivity index (χ0n) is 15.8. The molecule has 6 nitrogen and oxygen atoms in total. The highest BCUT2D eigenvalue weighted by atomic mass is 32.1. The number of carbonyl (C=O) groups is 2. The van der Waals surface area contributed by atoms with Crippen LogP contribution < -0.4 is 10.6 Å². The third kappa shape index (κ3) is 5.79. The largest absolute Gasteiger partial charge is 0.354 e. The van der Waals surface area contributed by atoms with Crippen LogP contribution in [0.4, 0.5) is 0 Å². The molecule has 2 heterocycles. The van der Waals surface area contributed by atoms with Crippen molar-refractivity contribution in [2.75, 3.05) is 6.54 Å². The van der Waals surface area contributed by atoms with E-state index in [4.69, 9.17) is 0 Å². The quantitative estimate of drug-likeness (QED) is 0.546. The summed E-state index contributed by atoms with van der Waals surface area (Å²) >= 11 is 1.36. The standard InChI is InChI=1S/C21H24N4O2S/c1-25-15-17(14-23-25)9-5-11-22-20(26)18(13-16-7-3-2-4-8-16)24-21(27)19-10-6-12-28-19/h2-4,6-8,10,12,14-15,18H,5,9,11,13H2,1H3,(H,22,26)(H,24,27). The molecule has 0 bridgehead atoms. The number of nitrogens with one attached hydrogen (secondary N) is 2. The monoisotopic (exact) mass is 396 g/mol.